The van der Waals surface area contributed by atoms with Gasteiger partial charge in [0.15, 0.2) is 0 Å². The van der Waals surface area contributed by atoms with Gasteiger partial charge in [-0.05, 0) is 18.6 Å². The maximum atomic E-state index is 14.0. The molecule has 3 heterocycles. The minimum Gasteiger partial charge on any atom is -0.379 e. The molecule has 0 aromatic heterocycles. The molecular formula is C19H25FN4O3. The molecule has 3 aliphatic heterocycles. The zero-order valence-electron chi connectivity index (χ0n) is 15.4. The van der Waals surface area contributed by atoms with Gasteiger partial charge >= 0.3 is 0 Å². The minimum atomic E-state index is -0.466. The van der Waals surface area contributed by atoms with Gasteiger partial charge in [-0.25, -0.2) is 4.39 Å². The molecule has 2 N–H and O–H groups in total. The Bertz CT molecular complexity index is 738. The van der Waals surface area contributed by atoms with Gasteiger partial charge in [0.2, 0.25) is 11.8 Å². The highest BCUT2D eigenvalue weighted by Crippen LogP contribution is 2.31. The molecule has 3 atom stereocenters. The molecule has 0 radical (unpaired) electrons. The SMILES string of the molecule is CC(C(=O)N1CCc2c(F)cccc21)C1NC(=O)CC(N2CCOCC2)N1. The number of benzene rings is 1. The maximum Gasteiger partial charge on any atom is 0.233 e. The van der Waals surface area contributed by atoms with Crippen molar-refractivity contribution in [2.75, 3.05) is 37.7 Å². The fourth-order valence-electron chi connectivity index (χ4n) is 4.12. The number of halogens is 1. The van der Waals surface area contributed by atoms with Crippen LogP contribution in [0.5, 0.6) is 0 Å². The third kappa shape index (κ3) is 3.56. The Hall–Kier alpha value is -2.03. The summed E-state index contributed by atoms with van der Waals surface area (Å²) in [5.74, 6) is -0.915. The number of morpholine rings is 1. The molecule has 1 aromatic rings. The van der Waals surface area contributed by atoms with Crippen LogP contribution < -0.4 is 15.5 Å². The largest absolute Gasteiger partial charge is 0.379 e. The number of fused-ring (bicyclic) bond motifs is 1. The molecule has 2 saturated heterocycles. The van der Waals surface area contributed by atoms with Crippen LogP contribution in [0.1, 0.15) is 18.9 Å². The van der Waals surface area contributed by atoms with Crippen molar-refractivity contribution in [2.45, 2.75) is 32.1 Å². The van der Waals surface area contributed by atoms with E-state index >= 15 is 0 Å². The molecular weight excluding hydrogens is 351 g/mol. The van der Waals surface area contributed by atoms with Gasteiger partial charge in [-0.3, -0.25) is 19.8 Å². The van der Waals surface area contributed by atoms with Gasteiger partial charge in [-0.1, -0.05) is 13.0 Å². The maximum absolute atomic E-state index is 14.0. The summed E-state index contributed by atoms with van der Waals surface area (Å²) in [5.41, 5.74) is 1.23. The van der Waals surface area contributed by atoms with E-state index in [9.17, 15) is 14.0 Å². The number of hydrogen-bond donors (Lipinski definition) is 2. The van der Waals surface area contributed by atoms with Crippen molar-refractivity contribution in [3.05, 3.63) is 29.6 Å². The van der Waals surface area contributed by atoms with Crippen LogP contribution in [0.4, 0.5) is 10.1 Å². The first-order chi connectivity index (χ1) is 13.0. The second-order valence-corrected chi connectivity index (χ2v) is 7.35. The lowest BCUT2D eigenvalue weighted by atomic mass is 10.0. The summed E-state index contributed by atoms with van der Waals surface area (Å²) in [5, 5.41) is 6.31. The molecule has 1 aromatic carbocycles. The Morgan fingerprint density at radius 1 is 1.30 bits per heavy atom. The Labute approximate surface area is 157 Å². The smallest absolute Gasteiger partial charge is 0.233 e. The van der Waals surface area contributed by atoms with Crippen LogP contribution in [0.25, 0.3) is 0 Å². The Balaban J connectivity index is 1.47. The lowest BCUT2D eigenvalue weighted by molar-refractivity contribution is -0.131. The van der Waals surface area contributed by atoms with Crippen LogP contribution in [-0.2, 0) is 20.7 Å². The quantitative estimate of drug-likeness (QED) is 0.801. The molecule has 27 heavy (non-hydrogen) atoms. The van der Waals surface area contributed by atoms with Gasteiger partial charge < -0.3 is 15.0 Å². The Morgan fingerprint density at radius 3 is 2.85 bits per heavy atom. The summed E-state index contributed by atoms with van der Waals surface area (Å²) in [6, 6.07) is 4.82. The standard InChI is InChI=1S/C19H25FN4O3/c1-12(19(26)24-6-5-13-14(20)3-2-4-15(13)24)18-21-16(11-17(25)22-18)23-7-9-27-10-8-23/h2-4,12,16,18,21H,5-11H2,1H3,(H,22,25). The van der Waals surface area contributed by atoms with Crippen molar-refractivity contribution in [3.8, 4) is 0 Å². The summed E-state index contributed by atoms with van der Waals surface area (Å²) in [4.78, 5) is 29.1. The number of carbonyl (C=O) groups excluding carboxylic acids is 2. The van der Waals surface area contributed by atoms with Crippen molar-refractivity contribution in [2.24, 2.45) is 5.92 Å². The first kappa shape index (κ1) is 18.3. The number of amides is 2. The molecule has 8 heteroatoms. The summed E-state index contributed by atoms with van der Waals surface area (Å²) in [7, 11) is 0. The molecule has 3 aliphatic rings. The van der Waals surface area contributed by atoms with E-state index in [1.165, 1.54) is 6.07 Å². The average Bonchev–Trinajstić information content (AvgIpc) is 3.12. The predicted octanol–water partition coefficient (Wildman–Crippen LogP) is 0.445. The Morgan fingerprint density at radius 2 is 2.07 bits per heavy atom. The van der Waals surface area contributed by atoms with Crippen LogP contribution in [0.3, 0.4) is 0 Å². The molecule has 2 amide bonds. The molecule has 3 unspecified atom stereocenters. The van der Waals surface area contributed by atoms with E-state index in [4.69, 9.17) is 4.74 Å². The third-order valence-corrected chi connectivity index (χ3v) is 5.68. The topological polar surface area (TPSA) is 73.9 Å². The van der Waals surface area contributed by atoms with Crippen LogP contribution >= 0.6 is 0 Å². The number of nitrogens with one attached hydrogen (secondary N) is 2. The molecule has 146 valence electrons. The summed E-state index contributed by atoms with van der Waals surface area (Å²) < 4.78 is 19.3. The number of hydrogen-bond acceptors (Lipinski definition) is 5. The van der Waals surface area contributed by atoms with Gasteiger partial charge in [0, 0.05) is 30.9 Å². The number of ether oxygens (including phenoxy) is 1. The summed E-state index contributed by atoms with van der Waals surface area (Å²) in [6.07, 6.45) is 0.312. The highest BCUT2D eigenvalue weighted by Gasteiger charge is 2.38. The van der Waals surface area contributed by atoms with Crippen molar-refractivity contribution in [1.29, 1.82) is 0 Å². The third-order valence-electron chi connectivity index (χ3n) is 5.68. The van der Waals surface area contributed by atoms with E-state index in [0.29, 0.717) is 43.9 Å². The molecule has 4 rings (SSSR count). The van der Waals surface area contributed by atoms with E-state index in [-0.39, 0.29) is 23.8 Å². The zero-order valence-corrected chi connectivity index (χ0v) is 15.4. The highest BCUT2D eigenvalue weighted by molar-refractivity contribution is 5.97. The number of rotatable bonds is 3. The monoisotopic (exact) mass is 376 g/mol. The second-order valence-electron chi connectivity index (χ2n) is 7.35. The van der Waals surface area contributed by atoms with Gasteiger partial charge in [0.1, 0.15) is 5.82 Å². The van der Waals surface area contributed by atoms with Gasteiger partial charge in [-0.15, -0.1) is 0 Å². The van der Waals surface area contributed by atoms with E-state index in [0.717, 1.165) is 13.1 Å². The van der Waals surface area contributed by atoms with Crippen molar-refractivity contribution in [1.82, 2.24) is 15.5 Å². The van der Waals surface area contributed by atoms with Crippen molar-refractivity contribution >= 4 is 17.5 Å². The van der Waals surface area contributed by atoms with Gasteiger partial charge in [0.25, 0.3) is 0 Å². The molecule has 2 fully saturated rings. The van der Waals surface area contributed by atoms with Crippen LogP contribution in [0.15, 0.2) is 18.2 Å². The zero-order chi connectivity index (χ0) is 19.0. The van der Waals surface area contributed by atoms with Crippen LogP contribution in [0.2, 0.25) is 0 Å². The molecule has 0 bridgehead atoms. The fraction of sp³-hybridized carbons (Fsp3) is 0.579. The lowest BCUT2D eigenvalue weighted by Gasteiger charge is -2.42. The van der Waals surface area contributed by atoms with Gasteiger partial charge in [-0.2, -0.15) is 0 Å². The number of nitrogens with zero attached hydrogens (tertiary/aromatic N) is 2. The van der Waals surface area contributed by atoms with E-state index < -0.39 is 12.1 Å². The normalized spacial score (nSPS) is 27.2. The van der Waals surface area contributed by atoms with Gasteiger partial charge in [0.05, 0.1) is 37.9 Å². The van der Waals surface area contributed by atoms with Crippen LogP contribution in [0, 0.1) is 11.7 Å². The second kappa shape index (κ2) is 7.53. The molecule has 0 aliphatic carbocycles. The number of anilines is 1. The van der Waals surface area contributed by atoms with Crippen molar-refractivity contribution in [3.63, 3.8) is 0 Å². The molecule has 0 spiro atoms. The highest BCUT2D eigenvalue weighted by atomic mass is 19.1. The van der Waals surface area contributed by atoms with Crippen molar-refractivity contribution < 1.29 is 18.7 Å². The lowest BCUT2D eigenvalue weighted by Crippen LogP contribution is -2.66. The number of carbonyl (C=O) groups is 2. The fourth-order valence-corrected chi connectivity index (χ4v) is 4.12. The minimum absolute atomic E-state index is 0.0669. The summed E-state index contributed by atoms with van der Waals surface area (Å²) in [6.45, 7) is 5.09. The Kier molecular flexibility index (Phi) is 5.12. The first-order valence-electron chi connectivity index (χ1n) is 9.50. The van der Waals surface area contributed by atoms with E-state index in [1.807, 2.05) is 0 Å². The predicted molar refractivity (Wildman–Crippen MR) is 97.5 cm³/mol. The average molecular weight is 376 g/mol. The molecule has 0 saturated carbocycles. The van der Waals surface area contributed by atoms with Crippen LogP contribution in [-0.4, -0.2) is 61.9 Å². The van der Waals surface area contributed by atoms with E-state index in [1.54, 1.807) is 24.0 Å². The summed E-state index contributed by atoms with van der Waals surface area (Å²) >= 11 is 0. The first-order valence-corrected chi connectivity index (χ1v) is 9.50. The van der Waals surface area contributed by atoms with E-state index in [2.05, 4.69) is 15.5 Å². The molecule has 7 nitrogen and oxygen atoms in total.